The molecule has 0 aliphatic carbocycles. The molecule has 1 rings (SSSR count). The van der Waals surface area contributed by atoms with Gasteiger partial charge in [0.2, 0.25) is 0 Å². The molecule has 18 heavy (non-hydrogen) atoms. The molecule has 0 spiro atoms. The quantitative estimate of drug-likeness (QED) is 0.738. The zero-order valence-electron chi connectivity index (χ0n) is 11.3. The van der Waals surface area contributed by atoms with Gasteiger partial charge in [0.1, 0.15) is 0 Å². The Morgan fingerprint density at radius 3 is 2.83 bits per heavy atom. The lowest BCUT2D eigenvalue weighted by Gasteiger charge is -2.30. The first-order valence-electron chi connectivity index (χ1n) is 6.76. The topological polar surface area (TPSA) is 69.6 Å². The predicted octanol–water partition coefficient (Wildman–Crippen LogP) is 1.93. The molecule has 0 aromatic heterocycles. The number of carbonyl (C=O) groups is 2. The van der Waals surface area contributed by atoms with Gasteiger partial charge in [-0.15, -0.1) is 0 Å². The summed E-state index contributed by atoms with van der Waals surface area (Å²) in [5, 5.41) is 11.6. The van der Waals surface area contributed by atoms with Crippen molar-refractivity contribution in [2.45, 2.75) is 39.5 Å². The molecule has 0 aromatic rings. The molecule has 1 fully saturated rings. The second kappa shape index (κ2) is 7.24. The third-order valence-corrected chi connectivity index (χ3v) is 3.46. The number of hydrogen-bond acceptors (Lipinski definition) is 2. The Labute approximate surface area is 109 Å². The van der Waals surface area contributed by atoms with E-state index < -0.39 is 5.97 Å². The predicted molar refractivity (Wildman–Crippen MR) is 69.4 cm³/mol. The van der Waals surface area contributed by atoms with Crippen LogP contribution in [0.4, 0.5) is 4.79 Å². The van der Waals surface area contributed by atoms with Crippen molar-refractivity contribution in [3.8, 4) is 0 Å². The number of nitrogens with zero attached hydrogens (tertiary/aromatic N) is 1. The average Bonchev–Trinajstić information content (AvgIpc) is 2.33. The van der Waals surface area contributed by atoms with Crippen LogP contribution in [0, 0.1) is 11.8 Å². The Morgan fingerprint density at radius 2 is 2.22 bits per heavy atom. The van der Waals surface area contributed by atoms with Crippen molar-refractivity contribution < 1.29 is 14.7 Å². The van der Waals surface area contributed by atoms with Crippen molar-refractivity contribution in [2.75, 3.05) is 19.6 Å². The fraction of sp³-hybridized carbons (Fsp3) is 0.846. The summed E-state index contributed by atoms with van der Waals surface area (Å²) in [6.07, 6.45) is 3.58. The van der Waals surface area contributed by atoms with Gasteiger partial charge in [-0.2, -0.15) is 0 Å². The Kier molecular flexibility index (Phi) is 5.95. The van der Waals surface area contributed by atoms with Crippen molar-refractivity contribution >= 4 is 12.0 Å². The largest absolute Gasteiger partial charge is 0.481 e. The van der Waals surface area contributed by atoms with Crippen molar-refractivity contribution in [3.05, 3.63) is 0 Å². The van der Waals surface area contributed by atoms with Crippen LogP contribution in [0.3, 0.4) is 0 Å². The number of carbonyl (C=O) groups excluding carboxylic acids is 1. The Morgan fingerprint density at radius 1 is 1.50 bits per heavy atom. The maximum Gasteiger partial charge on any atom is 0.317 e. The molecular formula is C13H24N2O3. The fourth-order valence-electron chi connectivity index (χ4n) is 2.21. The number of hydrogen-bond donors (Lipinski definition) is 2. The molecule has 2 amide bonds. The van der Waals surface area contributed by atoms with Gasteiger partial charge < -0.3 is 15.3 Å². The lowest BCUT2D eigenvalue weighted by Crippen LogP contribution is -2.45. The van der Waals surface area contributed by atoms with Gasteiger partial charge >= 0.3 is 12.0 Å². The third-order valence-electron chi connectivity index (χ3n) is 3.46. The number of rotatable bonds is 5. The number of likely N-dealkylation sites (tertiary alicyclic amines) is 1. The number of urea groups is 1. The molecule has 0 radical (unpaired) electrons. The van der Waals surface area contributed by atoms with Gasteiger partial charge in [-0.3, -0.25) is 4.79 Å². The van der Waals surface area contributed by atoms with E-state index in [1.807, 2.05) is 4.90 Å². The molecule has 0 aromatic carbocycles. The molecule has 104 valence electrons. The van der Waals surface area contributed by atoms with E-state index in [9.17, 15) is 9.59 Å². The number of piperidine rings is 1. The van der Waals surface area contributed by atoms with Crippen LogP contribution in [0.1, 0.15) is 39.5 Å². The van der Waals surface area contributed by atoms with E-state index in [0.717, 1.165) is 19.5 Å². The molecule has 2 atom stereocenters. The minimum absolute atomic E-state index is 0.00970. The number of amides is 2. The van der Waals surface area contributed by atoms with Gasteiger partial charge in [-0.1, -0.05) is 13.8 Å². The van der Waals surface area contributed by atoms with E-state index in [1.54, 1.807) is 6.92 Å². The number of carboxylic acid groups (broad SMARTS) is 1. The van der Waals surface area contributed by atoms with E-state index in [0.29, 0.717) is 25.3 Å². The average molecular weight is 256 g/mol. The summed E-state index contributed by atoms with van der Waals surface area (Å²) in [5.41, 5.74) is 0. The second-order valence-electron chi connectivity index (χ2n) is 5.31. The second-order valence-corrected chi connectivity index (χ2v) is 5.31. The summed E-state index contributed by atoms with van der Waals surface area (Å²) in [7, 11) is 0. The normalized spacial score (nSPS) is 21.4. The van der Waals surface area contributed by atoms with Crippen molar-refractivity contribution in [2.24, 2.45) is 11.8 Å². The molecule has 1 saturated heterocycles. The first-order valence-corrected chi connectivity index (χ1v) is 6.76. The molecule has 1 aliphatic heterocycles. The van der Waals surface area contributed by atoms with Crippen LogP contribution in [0.25, 0.3) is 0 Å². The molecule has 1 aliphatic rings. The Bertz CT molecular complexity index is 294. The highest BCUT2D eigenvalue weighted by atomic mass is 16.4. The lowest BCUT2D eigenvalue weighted by molar-refractivity contribution is -0.141. The zero-order chi connectivity index (χ0) is 13.5. The molecule has 5 heteroatoms. The van der Waals surface area contributed by atoms with Crippen LogP contribution >= 0.6 is 0 Å². The Hall–Kier alpha value is -1.26. The molecule has 1 heterocycles. The van der Waals surface area contributed by atoms with E-state index in [-0.39, 0.29) is 11.9 Å². The molecule has 2 N–H and O–H groups in total. The van der Waals surface area contributed by atoms with Crippen LogP contribution < -0.4 is 5.32 Å². The summed E-state index contributed by atoms with van der Waals surface area (Å²) in [6.45, 7) is 6.07. The van der Waals surface area contributed by atoms with Crippen molar-refractivity contribution in [3.63, 3.8) is 0 Å². The minimum Gasteiger partial charge on any atom is -0.481 e. The first-order chi connectivity index (χ1) is 8.50. The number of carboxylic acids is 1. The smallest absolute Gasteiger partial charge is 0.317 e. The zero-order valence-corrected chi connectivity index (χ0v) is 11.3. The molecule has 2 unspecified atom stereocenters. The summed E-state index contributed by atoms with van der Waals surface area (Å²) < 4.78 is 0. The summed E-state index contributed by atoms with van der Waals surface area (Å²) in [6, 6.07) is -0.00970. The van der Waals surface area contributed by atoms with Gasteiger partial charge in [-0.05, 0) is 31.6 Å². The van der Waals surface area contributed by atoms with E-state index in [2.05, 4.69) is 12.2 Å². The molecular weight excluding hydrogens is 232 g/mol. The highest BCUT2D eigenvalue weighted by Gasteiger charge is 2.20. The van der Waals surface area contributed by atoms with E-state index >= 15 is 0 Å². The van der Waals surface area contributed by atoms with E-state index in [1.165, 1.54) is 6.42 Å². The first kappa shape index (κ1) is 14.8. The van der Waals surface area contributed by atoms with E-state index in [4.69, 9.17) is 5.11 Å². The van der Waals surface area contributed by atoms with Gasteiger partial charge in [-0.25, -0.2) is 4.79 Å². The third kappa shape index (κ3) is 4.94. The Balaban J connectivity index is 2.15. The number of nitrogens with one attached hydrogen (secondary N) is 1. The van der Waals surface area contributed by atoms with Crippen LogP contribution in [-0.4, -0.2) is 41.6 Å². The summed E-state index contributed by atoms with van der Waals surface area (Å²) in [4.78, 5) is 24.3. The SMILES string of the molecule is CC1CCCN(C(=O)NCCCC(C)C(=O)O)C1. The van der Waals surface area contributed by atoms with Crippen LogP contribution in [0.5, 0.6) is 0 Å². The number of aliphatic carboxylic acids is 1. The summed E-state index contributed by atoms with van der Waals surface area (Å²) >= 11 is 0. The molecule has 0 saturated carbocycles. The highest BCUT2D eigenvalue weighted by Crippen LogP contribution is 2.15. The maximum atomic E-state index is 11.8. The van der Waals surface area contributed by atoms with Crippen LogP contribution in [0.15, 0.2) is 0 Å². The van der Waals surface area contributed by atoms with Crippen molar-refractivity contribution in [1.82, 2.24) is 10.2 Å². The minimum atomic E-state index is -0.772. The van der Waals surface area contributed by atoms with Gasteiger partial charge in [0, 0.05) is 19.6 Å². The standard InChI is InChI=1S/C13H24N2O3/c1-10-5-4-8-15(9-10)13(18)14-7-3-6-11(2)12(16)17/h10-11H,3-9H2,1-2H3,(H,14,18)(H,16,17). The molecule has 0 bridgehead atoms. The maximum absolute atomic E-state index is 11.8. The fourth-order valence-corrected chi connectivity index (χ4v) is 2.21. The van der Waals surface area contributed by atoms with Gasteiger partial charge in [0.15, 0.2) is 0 Å². The lowest BCUT2D eigenvalue weighted by atomic mass is 10.0. The summed E-state index contributed by atoms with van der Waals surface area (Å²) in [5.74, 6) is -0.528. The van der Waals surface area contributed by atoms with Crippen LogP contribution in [-0.2, 0) is 4.79 Å². The molecule has 5 nitrogen and oxygen atoms in total. The highest BCUT2D eigenvalue weighted by molar-refractivity contribution is 5.74. The van der Waals surface area contributed by atoms with Crippen molar-refractivity contribution in [1.29, 1.82) is 0 Å². The van der Waals surface area contributed by atoms with Gasteiger partial charge in [0.05, 0.1) is 5.92 Å². The van der Waals surface area contributed by atoms with Gasteiger partial charge in [0.25, 0.3) is 0 Å². The monoisotopic (exact) mass is 256 g/mol. The van der Waals surface area contributed by atoms with Crippen LogP contribution in [0.2, 0.25) is 0 Å².